The first kappa shape index (κ1) is 19.4. The summed E-state index contributed by atoms with van der Waals surface area (Å²) in [5.74, 6) is -0.481. The standard InChI is InChI=1S/C24H24N2O2/c1-15-8-10-17(3)21(12-15)25-23(27)19-6-5-7-20(14-19)24(28)26-22-13-16(2)9-11-18(22)4/h5-14H,1-4H3,(H,25,27)(H,26,28). The van der Waals surface area contributed by atoms with Gasteiger partial charge in [-0.3, -0.25) is 9.59 Å². The van der Waals surface area contributed by atoms with Crippen molar-refractivity contribution in [3.8, 4) is 0 Å². The molecule has 3 rings (SSSR count). The highest BCUT2D eigenvalue weighted by Gasteiger charge is 2.13. The van der Waals surface area contributed by atoms with Crippen LogP contribution in [0.25, 0.3) is 0 Å². The summed E-state index contributed by atoms with van der Waals surface area (Å²) in [6.07, 6.45) is 0. The lowest BCUT2D eigenvalue weighted by atomic mass is 10.1. The third-order valence-electron chi connectivity index (χ3n) is 4.67. The maximum atomic E-state index is 12.7. The van der Waals surface area contributed by atoms with Crippen molar-refractivity contribution < 1.29 is 9.59 Å². The molecule has 0 saturated carbocycles. The van der Waals surface area contributed by atoms with Crippen LogP contribution in [0.1, 0.15) is 43.0 Å². The zero-order valence-corrected chi connectivity index (χ0v) is 16.6. The number of amides is 2. The SMILES string of the molecule is Cc1ccc(C)c(NC(=O)c2cccc(C(=O)Nc3cc(C)ccc3C)c2)c1. The van der Waals surface area contributed by atoms with Crippen molar-refractivity contribution in [1.82, 2.24) is 0 Å². The van der Waals surface area contributed by atoms with Crippen molar-refractivity contribution in [3.05, 3.63) is 94.0 Å². The van der Waals surface area contributed by atoms with Crippen LogP contribution >= 0.6 is 0 Å². The number of rotatable bonds is 4. The highest BCUT2D eigenvalue weighted by atomic mass is 16.2. The van der Waals surface area contributed by atoms with Gasteiger partial charge in [0.2, 0.25) is 0 Å². The summed E-state index contributed by atoms with van der Waals surface area (Å²) in [6.45, 7) is 7.85. The van der Waals surface area contributed by atoms with Crippen molar-refractivity contribution in [2.45, 2.75) is 27.7 Å². The Morgan fingerprint density at radius 1 is 0.607 bits per heavy atom. The van der Waals surface area contributed by atoms with Crippen LogP contribution in [0.2, 0.25) is 0 Å². The quantitative estimate of drug-likeness (QED) is 0.642. The summed E-state index contributed by atoms with van der Waals surface area (Å²) in [7, 11) is 0. The number of hydrogen-bond donors (Lipinski definition) is 2. The molecule has 2 amide bonds. The van der Waals surface area contributed by atoms with Crippen molar-refractivity contribution in [3.63, 3.8) is 0 Å². The molecule has 0 saturated heterocycles. The lowest BCUT2D eigenvalue weighted by molar-refractivity contribution is 0.102. The maximum Gasteiger partial charge on any atom is 0.255 e. The predicted molar refractivity (Wildman–Crippen MR) is 114 cm³/mol. The van der Waals surface area contributed by atoms with Crippen LogP contribution in [0.15, 0.2) is 60.7 Å². The number of hydrogen-bond acceptors (Lipinski definition) is 2. The average molecular weight is 372 g/mol. The number of carbonyl (C=O) groups excluding carboxylic acids is 2. The maximum absolute atomic E-state index is 12.7. The van der Waals surface area contributed by atoms with E-state index in [0.29, 0.717) is 11.1 Å². The molecule has 0 aliphatic heterocycles. The largest absolute Gasteiger partial charge is 0.322 e. The lowest BCUT2D eigenvalue weighted by Crippen LogP contribution is -2.16. The van der Waals surface area contributed by atoms with Gasteiger partial charge in [0.1, 0.15) is 0 Å². The fraction of sp³-hybridized carbons (Fsp3) is 0.167. The molecular weight excluding hydrogens is 348 g/mol. The molecule has 0 spiro atoms. The summed E-state index contributed by atoms with van der Waals surface area (Å²) in [6, 6.07) is 18.6. The Balaban J connectivity index is 1.79. The summed E-state index contributed by atoms with van der Waals surface area (Å²) in [5, 5.41) is 5.86. The minimum Gasteiger partial charge on any atom is -0.322 e. The summed E-state index contributed by atoms with van der Waals surface area (Å²) in [5.41, 5.74) is 6.55. The van der Waals surface area contributed by atoms with Gasteiger partial charge < -0.3 is 10.6 Å². The Bertz CT molecular complexity index is 973. The molecule has 4 heteroatoms. The molecule has 0 heterocycles. The zero-order chi connectivity index (χ0) is 20.3. The molecule has 142 valence electrons. The molecule has 0 aliphatic carbocycles. The van der Waals surface area contributed by atoms with E-state index < -0.39 is 0 Å². The number of anilines is 2. The molecule has 0 bridgehead atoms. The number of nitrogens with one attached hydrogen (secondary N) is 2. The van der Waals surface area contributed by atoms with Gasteiger partial charge in [-0.05, 0) is 80.3 Å². The minimum atomic E-state index is -0.241. The molecule has 0 atom stereocenters. The van der Waals surface area contributed by atoms with Crippen LogP contribution < -0.4 is 10.6 Å². The van der Waals surface area contributed by atoms with Gasteiger partial charge >= 0.3 is 0 Å². The molecule has 28 heavy (non-hydrogen) atoms. The first-order valence-corrected chi connectivity index (χ1v) is 9.21. The second-order valence-electron chi connectivity index (χ2n) is 7.13. The summed E-state index contributed by atoms with van der Waals surface area (Å²) < 4.78 is 0. The van der Waals surface area contributed by atoms with Gasteiger partial charge in [-0.15, -0.1) is 0 Å². The van der Waals surface area contributed by atoms with Gasteiger partial charge in [0.15, 0.2) is 0 Å². The van der Waals surface area contributed by atoms with Gasteiger partial charge in [0.25, 0.3) is 11.8 Å². The van der Waals surface area contributed by atoms with Gasteiger partial charge in [-0.25, -0.2) is 0 Å². The van der Waals surface area contributed by atoms with Crippen molar-refractivity contribution in [2.75, 3.05) is 10.6 Å². The second-order valence-corrected chi connectivity index (χ2v) is 7.13. The first-order chi connectivity index (χ1) is 13.3. The van der Waals surface area contributed by atoms with Gasteiger partial charge in [-0.1, -0.05) is 30.3 Å². The molecule has 4 nitrogen and oxygen atoms in total. The van der Waals surface area contributed by atoms with Crippen LogP contribution in [-0.4, -0.2) is 11.8 Å². The van der Waals surface area contributed by atoms with E-state index in [9.17, 15) is 9.59 Å². The van der Waals surface area contributed by atoms with Gasteiger partial charge in [0, 0.05) is 22.5 Å². The highest BCUT2D eigenvalue weighted by Crippen LogP contribution is 2.19. The van der Waals surface area contributed by atoms with Gasteiger partial charge in [0.05, 0.1) is 0 Å². The van der Waals surface area contributed by atoms with E-state index in [4.69, 9.17) is 0 Å². The van der Waals surface area contributed by atoms with Crippen LogP contribution in [0, 0.1) is 27.7 Å². The van der Waals surface area contributed by atoms with Crippen LogP contribution in [0.5, 0.6) is 0 Å². The molecule has 3 aromatic rings. The van der Waals surface area contributed by atoms with E-state index in [1.165, 1.54) is 0 Å². The smallest absolute Gasteiger partial charge is 0.255 e. The topological polar surface area (TPSA) is 58.2 Å². The van der Waals surface area contributed by atoms with E-state index in [1.54, 1.807) is 24.3 Å². The molecule has 0 aliphatic rings. The van der Waals surface area contributed by atoms with Crippen molar-refractivity contribution in [2.24, 2.45) is 0 Å². The fourth-order valence-electron chi connectivity index (χ4n) is 2.93. The lowest BCUT2D eigenvalue weighted by Gasteiger charge is -2.11. The predicted octanol–water partition coefficient (Wildman–Crippen LogP) is 5.42. The first-order valence-electron chi connectivity index (χ1n) is 9.21. The molecule has 2 N–H and O–H groups in total. The summed E-state index contributed by atoms with van der Waals surface area (Å²) >= 11 is 0. The Hall–Kier alpha value is -3.40. The molecule has 0 unspecified atom stereocenters. The van der Waals surface area contributed by atoms with Crippen LogP contribution in [0.4, 0.5) is 11.4 Å². The molecule has 0 radical (unpaired) electrons. The van der Waals surface area contributed by atoms with E-state index in [1.807, 2.05) is 64.1 Å². The minimum absolute atomic E-state index is 0.241. The van der Waals surface area contributed by atoms with Crippen LogP contribution in [-0.2, 0) is 0 Å². The van der Waals surface area contributed by atoms with Gasteiger partial charge in [-0.2, -0.15) is 0 Å². The van der Waals surface area contributed by atoms with E-state index in [2.05, 4.69) is 10.6 Å². The number of benzene rings is 3. The van der Waals surface area contributed by atoms with E-state index in [0.717, 1.165) is 33.6 Å². The molecule has 0 fully saturated rings. The monoisotopic (exact) mass is 372 g/mol. The Labute approximate surface area is 165 Å². The molecule has 3 aromatic carbocycles. The van der Waals surface area contributed by atoms with E-state index in [-0.39, 0.29) is 11.8 Å². The third kappa shape index (κ3) is 4.46. The normalized spacial score (nSPS) is 10.4. The summed E-state index contributed by atoms with van der Waals surface area (Å²) in [4.78, 5) is 25.3. The highest BCUT2D eigenvalue weighted by molar-refractivity contribution is 6.09. The number of carbonyl (C=O) groups is 2. The van der Waals surface area contributed by atoms with Crippen LogP contribution in [0.3, 0.4) is 0 Å². The number of aryl methyl sites for hydroxylation is 4. The van der Waals surface area contributed by atoms with E-state index >= 15 is 0 Å². The molecule has 0 aromatic heterocycles. The Morgan fingerprint density at radius 2 is 1.04 bits per heavy atom. The third-order valence-corrected chi connectivity index (χ3v) is 4.67. The van der Waals surface area contributed by atoms with Crippen molar-refractivity contribution in [1.29, 1.82) is 0 Å². The Kier molecular flexibility index (Phi) is 5.59. The average Bonchev–Trinajstić information content (AvgIpc) is 2.67. The second kappa shape index (κ2) is 8.09. The molecular formula is C24H24N2O2. The van der Waals surface area contributed by atoms with Crippen molar-refractivity contribution >= 4 is 23.2 Å². The fourth-order valence-corrected chi connectivity index (χ4v) is 2.93. The Morgan fingerprint density at radius 3 is 1.46 bits per heavy atom. The zero-order valence-electron chi connectivity index (χ0n) is 16.6.